The number of hydrogen-bond donors (Lipinski definition) is 2. The van der Waals surface area contributed by atoms with E-state index in [1.54, 1.807) is 14.1 Å². The van der Waals surface area contributed by atoms with Crippen molar-refractivity contribution in [3.63, 3.8) is 0 Å². The summed E-state index contributed by atoms with van der Waals surface area (Å²) in [5.41, 5.74) is 0.822. The Hall–Kier alpha value is -2.49. The summed E-state index contributed by atoms with van der Waals surface area (Å²) in [4.78, 5) is 21.8. The third kappa shape index (κ3) is 5.11. The Morgan fingerprint density at radius 3 is 2.66 bits per heavy atom. The molecular weight excluding hydrogens is 461 g/mol. The van der Waals surface area contributed by atoms with Crippen LogP contribution in [0.4, 0.5) is 20.3 Å². The van der Waals surface area contributed by atoms with Gasteiger partial charge in [0.2, 0.25) is 0 Å². The van der Waals surface area contributed by atoms with Crippen LogP contribution < -0.4 is 10.6 Å². The van der Waals surface area contributed by atoms with E-state index in [4.69, 9.17) is 0 Å². The standard InChI is InChI=1S/C21H24F2N6O.2ClH/c1-28(2)21(30)13-5-6-17(15(22)10-13)27-19-18-16(23)11-29(20(18)26-12-25-19)14-4-3-8-24-9-7-14;;/h5-6,10-12,14,24H,3-4,7-9H2,1-2H3,(H,25,26,27);2*1H. The van der Waals surface area contributed by atoms with Crippen molar-refractivity contribution in [3.8, 4) is 0 Å². The zero-order chi connectivity index (χ0) is 21.3. The number of nitrogens with one attached hydrogen (secondary N) is 2. The normalized spacial score (nSPS) is 15.9. The molecule has 4 rings (SSSR count). The van der Waals surface area contributed by atoms with Gasteiger partial charge in [0.1, 0.15) is 23.6 Å². The number of benzene rings is 1. The molecule has 1 fully saturated rings. The largest absolute Gasteiger partial charge is 0.345 e. The van der Waals surface area contributed by atoms with Gasteiger partial charge in [-0.2, -0.15) is 0 Å². The molecule has 1 aliphatic rings. The zero-order valence-corrected chi connectivity index (χ0v) is 19.4. The van der Waals surface area contributed by atoms with Gasteiger partial charge in [-0.05, 0) is 50.6 Å². The van der Waals surface area contributed by atoms with Gasteiger partial charge in [-0.25, -0.2) is 18.7 Å². The fraction of sp³-hybridized carbons (Fsp3) is 0.381. The maximum Gasteiger partial charge on any atom is 0.253 e. The lowest BCUT2D eigenvalue weighted by Gasteiger charge is -2.17. The minimum absolute atomic E-state index is 0. The molecule has 7 nitrogen and oxygen atoms in total. The molecule has 2 N–H and O–H groups in total. The first-order valence-corrected chi connectivity index (χ1v) is 9.95. The predicted octanol–water partition coefficient (Wildman–Crippen LogP) is 4.31. The van der Waals surface area contributed by atoms with Crippen molar-refractivity contribution >= 4 is 53.3 Å². The van der Waals surface area contributed by atoms with E-state index in [0.717, 1.165) is 38.4 Å². The molecule has 0 bridgehead atoms. The van der Waals surface area contributed by atoms with Crippen LogP contribution in [0.5, 0.6) is 0 Å². The Kier molecular flexibility index (Phi) is 8.77. The fourth-order valence-corrected chi connectivity index (χ4v) is 3.83. The van der Waals surface area contributed by atoms with Crippen molar-refractivity contribution < 1.29 is 13.6 Å². The Balaban J connectivity index is 0.00000181. The van der Waals surface area contributed by atoms with Crippen molar-refractivity contribution in [1.29, 1.82) is 0 Å². The highest BCUT2D eigenvalue weighted by Gasteiger charge is 2.22. The molecule has 32 heavy (non-hydrogen) atoms. The van der Waals surface area contributed by atoms with E-state index >= 15 is 0 Å². The van der Waals surface area contributed by atoms with Gasteiger partial charge in [-0.15, -0.1) is 24.8 Å². The van der Waals surface area contributed by atoms with Gasteiger partial charge in [-0.3, -0.25) is 4.79 Å². The zero-order valence-electron chi connectivity index (χ0n) is 17.8. The molecule has 0 radical (unpaired) electrons. The predicted molar refractivity (Wildman–Crippen MR) is 125 cm³/mol. The second kappa shape index (κ2) is 10.9. The summed E-state index contributed by atoms with van der Waals surface area (Å²) in [5, 5.41) is 6.44. The molecule has 2 aromatic heterocycles. The van der Waals surface area contributed by atoms with Gasteiger partial charge in [0.15, 0.2) is 5.82 Å². The van der Waals surface area contributed by atoms with Gasteiger partial charge in [-0.1, -0.05) is 0 Å². The van der Waals surface area contributed by atoms with Gasteiger partial charge < -0.3 is 20.1 Å². The maximum absolute atomic E-state index is 14.9. The molecule has 1 atom stereocenters. The number of carbonyl (C=O) groups excluding carboxylic acids is 1. The summed E-state index contributed by atoms with van der Waals surface area (Å²) in [6.45, 7) is 1.82. The van der Waals surface area contributed by atoms with Crippen molar-refractivity contribution in [2.45, 2.75) is 25.3 Å². The lowest BCUT2D eigenvalue weighted by molar-refractivity contribution is 0.0827. The molecule has 3 aromatic rings. The van der Waals surface area contributed by atoms with Crippen LogP contribution in [0.15, 0.2) is 30.7 Å². The number of fused-ring (bicyclic) bond motifs is 1. The van der Waals surface area contributed by atoms with E-state index in [9.17, 15) is 13.6 Å². The molecule has 174 valence electrons. The Morgan fingerprint density at radius 2 is 1.94 bits per heavy atom. The molecule has 1 aliphatic heterocycles. The second-order valence-electron chi connectivity index (χ2n) is 7.66. The van der Waals surface area contributed by atoms with Crippen LogP contribution in [0.3, 0.4) is 0 Å². The van der Waals surface area contributed by atoms with Crippen molar-refractivity contribution in [3.05, 3.63) is 47.9 Å². The molecule has 1 unspecified atom stereocenters. The highest BCUT2D eigenvalue weighted by Crippen LogP contribution is 2.32. The molecule has 0 aliphatic carbocycles. The highest BCUT2D eigenvalue weighted by atomic mass is 35.5. The van der Waals surface area contributed by atoms with E-state index in [-0.39, 0.29) is 59.2 Å². The van der Waals surface area contributed by atoms with Gasteiger partial charge in [0.25, 0.3) is 5.91 Å². The first kappa shape index (κ1) is 25.8. The van der Waals surface area contributed by atoms with Crippen LogP contribution in [0.2, 0.25) is 0 Å². The molecule has 0 saturated carbocycles. The van der Waals surface area contributed by atoms with E-state index in [2.05, 4.69) is 20.6 Å². The van der Waals surface area contributed by atoms with Crippen LogP contribution in [-0.2, 0) is 0 Å². The average Bonchev–Trinajstić information content (AvgIpc) is 2.90. The Labute approximate surface area is 197 Å². The molecule has 3 heterocycles. The highest BCUT2D eigenvalue weighted by molar-refractivity contribution is 5.95. The number of hydrogen-bond acceptors (Lipinski definition) is 5. The number of rotatable bonds is 4. The molecule has 1 amide bonds. The maximum atomic E-state index is 14.9. The van der Waals surface area contributed by atoms with Gasteiger partial charge in [0.05, 0.1) is 11.1 Å². The SMILES string of the molecule is CN(C)C(=O)c1ccc(Nc2ncnc3c2c(F)cn3C2CCCNCC2)c(F)c1.Cl.Cl. The minimum Gasteiger partial charge on any atom is -0.345 e. The summed E-state index contributed by atoms with van der Waals surface area (Å²) in [6, 6.07) is 4.27. The van der Waals surface area contributed by atoms with E-state index in [0.29, 0.717) is 5.65 Å². The Bertz CT molecular complexity index is 1080. The monoisotopic (exact) mass is 486 g/mol. The number of halogens is 4. The number of aromatic nitrogens is 3. The number of nitrogens with zero attached hydrogens (tertiary/aromatic N) is 4. The topological polar surface area (TPSA) is 75.1 Å². The molecule has 1 aromatic carbocycles. The molecule has 1 saturated heterocycles. The lowest BCUT2D eigenvalue weighted by Crippen LogP contribution is -2.21. The van der Waals surface area contributed by atoms with Crippen LogP contribution in [0.25, 0.3) is 11.0 Å². The first-order valence-electron chi connectivity index (χ1n) is 9.95. The molecule has 11 heteroatoms. The van der Waals surface area contributed by atoms with E-state index < -0.39 is 11.6 Å². The summed E-state index contributed by atoms with van der Waals surface area (Å²) < 4.78 is 31.4. The van der Waals surface area contributed by atoms with Crippen LogP contribution >= 0.6 is 24.8 Å². The summed E-state index contributed by atoms with van der Waals surface area (Å²) in [6.07, 6.45) is 5.61. The first-order chi connectivity index (χ1) is 14.5. The van der Waals surface area contributed by atoms with Gasteiger partial charge >= 0.3 is 0 Å². The average molecular weight is 487 g/mol. The quantitative estimate of drug-likeness (QED) is 0.574. The van der Waals surface area contributed by atoms with Crippen LogP contribution in [-0.4, -0.2) is 52.5 Å². The summed E-state index contributed by atoms with van der Waals surface area (Å²) in [5.74, 6) is -1.19. The number of carbonyl (C=O) groups is 1. The number of anilines is 2. The van der Waals surface area contributed by atoms with Gasteiger partial charge in [0, 0.05) is 31.9 Å². The third-order valence-corrected chi connectivity index (χ3v) is 5.38. The minimum atomic E-state index is -0.621. The smallest absolute Gasteiger partial charge is 0.253 e. The van der Waals surface area contributed by atoms with Crippen molar-refractivity contribution in [2.24, 2.45) is 0 Å². The van der Waals surface area contributed by atoms with Crippen LogP contribution in [0.1, 0.15) is 35.7 Å². The summed E-state index contributed by atoms with van der Waals surface area (Å²) in [7, 11) is 3.20. The third-order valence-electron chi connectivity index (χ3n) is 5.38. The van der Waals surface area contributed by atoms with Crippen molar-refractivity contribution in [1.82, 2.24) is 24.8 Å². The van der Waals surface area contributed by atoms with Crippen molar-refractivity contribution in [2.75, 3.05) is 32.5 Å². The summed E-state index contributed by atoms with van der Waals surface area (Å²) >= 11 is 0. The van der Waals surface area contributed by atoms with E-state index in [1.807, 2.05) is 4.57 Å². The molecule has 0 spiro atoms. The van der Waals surface area contributed by atoms with Crippen LogP contribution in [0, 0.1) is 11.6 Å². The number of amides is 1. The lowest BCUT2D eigenvalue weighted by atomic mass is 10.1. The second-order valence-corrected chi connectivity index (χ2v) is 7.66. The fourth-order valence-electron chi connectivity index (χ4n) is 3.83. The Morgan fingerprint density at radius 1 is 1.16 bits per heavy atom. The molecular formula is C21H26Cl2F2N6O. The van der Waals surface area contributed by atoms with E-state index in [1.165, 1.54) is 29.6 Å².